The fourth-order valence-corrected chi connectivity index (χ4v) is 1.49. The predicted molar refractivity (Wildman–Crippen MR) is 62.2 cm³/mol. The van der Waals surface area contributed by atoms with Gasteiger partial charge in [0, 0.05) is 6.08 Å². The summed E-state index contributed by atoms with van der Waals surface area (Å²) >= 11 is 0. The highest BCUT2D eigenvalue weighted by Crippen LogP contribution is 2.11. The molecule has 0 aliphatic rings. The highest BCUT2D eigenvalue weighted by atomic mass is 16.4. The molecule has 0 saturated heterocycles. The van der Waals surface area contributed by atoms with Gasteiger partial charge in [0.1, 0.15) is 12.7 Å². The second kappa shape index (κ2) is 5.07. The lowest BCUT2D eigenvalue weighted by atomic mass is 10.1. The van der Waals surface area contributed by atoms with Gasteiger partial charge in [-0.2, -0.15) is 5.10 Å². The van der Waals surface area contributed by atoms with Crippen LogP contribution in [0, 0.1) is 0 Å². The number of hydrogen-bond donors (Lipinski definition) is 1. The molecule has 2 aromatic rings. The number of rotatable bonds is 4. The van der Waals surface area contributed by atoms with Crippen molar-refractivity contribution in [1.82, 2.24) is 14.8 Å². The molecule has 0 amide bonds. The summed E-state index contributed by atoms with van der Waals surface area (Å²) < 4.78 is 1.69. The van der Waals surface area contributed by atoms with Crippen molar-refractivity contribution in [1.29, 1.82) is 0 Å². The summed E-state index contributed by atoms with van der Waals surface area (Å²) in [5, 5.41) is 12.6. The molecule has 0 aliphatic carbocycles. The van der Waals surface area contributed by atoms with Gasteiger partial charge in [-0.15, -0.1) is 0 Å². The van der Waals surface area contributed by atoms with Gasteiger partial charge in [0.2, 0.25) is 0 Å². The number of aromatic nitrogens is 3. The quantitative estimate of drug-likeness (QED) is 0.805. The van der Waals surface area contributed by atoms with Crippen molar-refractivity contribution >= 4 is 12.0 Å². The molecular weight excluding hydrogens is 218 g/mol. The number of carboxylic acid groups (broad SMARTS) is 1. The molecule has 0 radical (unpaired) electrons. The molecule has 1 N–H and O–H groups in total. The molecular formula is C12H11N3O2. The van der Waals surface area contributed by atoms with Gasteiger partial charge in [-0.25, -0.2) is 14.5 Å². The first-order valence-corrected chi connectivity index (χ1v) is 5.07. The van der Waals surface area contributed by atoms with E-state index >= 15 is 0 Å². The maximum Gasteiger partial charge on any atom is 0.328 e. The molecule has 86 valence electrons. The molecule has 2 rings (SSSR count). The molecule has 17 heavy (non-hydrogen) atoms. The van der Waals surface area contributed by atoms with E-state index in [0.29, 0.717) is 6.54 Å². The number of carboxylic acids is 1. The van der Waals surface area contributed by atoms with Crippen LogP contribution in [0.2, 0.25) is 0 Å². The molecule has 0 spiro atoms. The van der Waals surface area contributed by atoms with Gasteiger partial charge < -0.3 is 5.11 Å². The molecule has 0 bridgehead atoms. The normalized spacial score (nSPS) is 10.8. The fraction of sp³-hybridized carbons (Fsp3) is 0.0833. The van der Waals surface area contributed by atoms with E-state index < -0.39 is 5.97 Å². The molecule has 0 aliphatic heterocycles. The van der Waals surface area contributed by atoms with E-state index in [9.17, 15) is 4.79 Å². The third-order valence-electron chi connectivity index (χ3n) is 2.26. The summed E-state index contributed by atoms with van der Waals surface area (Å²) in [6.07, 6.45) is 5.79. The summed E-state index contributed by atoms with van der Waals surface area (Å²) in [7, 11) is 0. The smallest absolute Gasteiger partial charge is 0.328 e. The first-order chi connectivity index (χ1) is 8.25. The van der Waals surface area contributed by atoms with E-state index in [2.05, 4.69) is 10.1 Å². The van der Waals surface area contributed by atoms with E-state index in [4.69, 9.17) is 5.11 Å². The fourth-order valence-electron chi connectivity index (χ4n) is 1.49. The van der Waals surface area contributed by atoms with Gasteiger partial charge in [-0.05, 0) is 17.2 Å². The van der Waals surface area contributed by atoms with Gasteiger partial charge in [0.15, 0.2) is 0 Å². The number of hydrogen-bond acceptors (Lipinski definition) is 3. The third-order valence-corrected chi connectivity index (χ3v) is 2.26. The Bertz CT molecular complexity index is 532. The SMILES string of the molecule is O=C(O)/C=C/c1ccccc1Cn1cncn1. The van der Waals surface area contributed by atoms with Crippen LogP contribution in [0.5, 0.6) is 0 Å². The van der Waals surface area contributed by atoms with Crippen LogP contribution in [0.1, 0.15) is 11.1 Å². The molecule has 1 aromatic heterocycles. The Labute approximate surface area is 98.0 Å². The van der Waals surface area contributed by atoms with Crippen LogP contribution in [0.15, 0.2) is 43.0 Å². The van der Waals surface area contributed by atoms with Crippen LogP contribution in [-0.4, -0.2) is 25.8 Å². The van der Waals surface area contributed by atoms with Crippen molar-refractivity contribution in [3.05, 3.63) is 54.1 Å². The van der Waals surface area contributed by atoms with Crippen LogP contribution in [-0.2, 0) is 11.3 Å². The molecule has 0 atom stereocenters. The van der Waals surface area contributed by atoms with Gasteiger partial charge in [0.25, 0.3) is 0 Å². The van der Waals surface area contributed by atoms with Gasteiger partial charge in [0.05, 0.1) is 6.54 Å². The molecule has 5 nitrogen and oxygen atoms in total. The van der Waals surface area contributed by atoms with Crippen LogP contribution in [0.4, 0.5) is 0 Å². The van der Waals surface area contributed by atoms with Crippen molar-refractivity contribution in [2.45, 2.75) is 6.54 Å². The minimum atomic E-state index is -0.958. The van der Waals surface area contributed by atoms with Crippen LogP contribution < -0.4 is 0 Å². The number of aliphatic carboxylic acids is 1. The zero-order valence-corrected chi connectivity index (χ0v) is 9.02. The molecule has 0 fully saturated rings. The van der Waals surface area contributed by atoms with Crippen molar-refractivity contribution < 1.29 is 9.90 Å². The average Bonchev–Trinajstić information content (AvgIpc) is 2.80. The topological polar surface area (TPSA) is 68.0 Å². The number of benzene rings is 1. The minimum absolute atomic E-state index is 0.570. The summed E-state index contributed by atoms with van der Waals surface area (Å²) in [6.45, 7) is 0.570. The second-order valence-electron chi connectivity index (χ2n) is 3.46. The Morgan fingerprint density at radius 3 is 2.94 bits per heavy atom. The van der Waals surface area contributed by atoms with Gasteiger partial charge in [-0.1, -0.05) is 24.3 Å². The lowest BCUT2D eigenvalue weighted by Gasteiger charge is -2.05. The van der Waals surface area contributed by atoms with Crippen molar-refractivity contribution in [2.24, 2.45) is 0 Å². The van der Waals surface area contributed by atoms with Crippen molar-refractivity contribution in [2.75, 3.05) is 0 Å². The molecule has 1 heterocycles. The zero-order chi connectivity index (χ0) is 12.1. The van der Waals surface area contributed by atoms with Crippen molar-refractivity contribution in [3.8, 4) is 0 Å². The standard InChI is InChI=1S/C12H11N3O2/c16-12(17)6-5-10-3-1-2-4-11(10)7-15-9-13-8-14-15/h1-6,8-9H,7H2,(H,16,17)/b6-5+. The maximum atomic E-state index is 10.5. The van der Waals surface area contributed by atoms with E-state index in [1.54, 1.807) is 17.1 Å². The summed E-state index contributed by atoms with van der Waals surface area (Å²) in [6, 6.07) is 7.58. The first kappa shape index (κ1) is 11.1. The molecule has 5 heteroatoms. The van der Waals surface area contributed by atoms with Crippen LogP contribution in [0.3, 0.4) is 0 Å². The second-order valence-corrected chi connectivity index (χ2v) is 3.46. The van der Waals surface area contributed by atoms with Gasteiger partial charge >= 0.3 is 5.97 Å². The van der Waals surface area contributed by atoms with E-state index in [-0.39, 0.29) is 0 Å². The Hall–Kier alpha value is -2.43. The highest BCUT2D eigenvalue weighted by molar-refractivity contribution is 5.85. The monoisotopic (exact) mass is 229 g/mol. The summed E-state index contributed by atoms with van der Waals surface area (Å²) in [4.78, 5) is 14.3. The number of nitrogens with zero attached hydrogens (tertiary/aromatic N) is 3. The molecule has 1 aromatic carbocycles. The molecule has 0 saturated carbocycles. The Morgan fingerprint density at radius 2 is 2.24 bits per heavy atom. The van der Waals surface area contributed by atoms with E-state index in [0.717, 1.165) is 17.2 Å². The summed E-state index contributed by atoms with van der Waals surface area (Å²) in [5.41, 5.74) is 1.86. The first-order valence-electron chi connectivity index (χ1n) is 5.07. The maximum absolute atomic E-state index is 10.5. The third kappa shape index (κ3) is 3.01. The summed E-state index contributed by atoms with van der Waals surface area (Å²) in [5.74, 6) is -0.958. The molecule has 0 unspecified atom stereocenters. The largest absolute Gasteiger partial charge is 0.478 e. The Balaban J connectivity index is 2.24. The lowest BCUT2D eigenvalue weighted by Crippen LogP contribution is -2.01. The van der Waals surface area contributed by atoms with Crippen LogP contribution in [0.25, 0.3) is 6.08 Å². The predicted octanol–water partition coefficient (Wildman–Crippen LogP) is 1.42. The Kier molecular flexibility index (Phi) is 3.30. The van der Waals surface area contributed by atoms with Gasteiger partial charge in [-0.3, -0.25) is 0 Å². The van der Waals surface area contributed by atoms with Crippen LogP contribution >= 0.6 is 0 Å². The Morgan fingerprint density at radius 1 is 1.41 bits per heavy atom. The highest BCUT2D eigenvalue weighted by Gasteiger charge is 2.00. The lowest BCUT2D eigenvalue weighted by molar-refractivity contribution is -0.131. The minimum Gasteiger partial charge on any atom is -0.478 e. The number of carbonyl (C=O) groups is 1. The zero-order valence-electron chi connectivity index (χ0n) is 9.02. The van der Waals surface area contributed by atoms with E-state index in [1.165, 1.54) is 6.33 Å². The van der Waals surface area contributed by atoms with Crippen molar-refractivity contribution in [3.63, 3.8) is 0 Å². The average molecular weight is 229 g/mol. The van der Waals surface area contributed by atoms with E-state index in [1.807, 2.05) is 24.3 Å².